The van der Waals surface area contributed by atoms with Crippen molar-refractivity contribution < 1.29 is 0 Å². The Morgan fingerprint density at radius 1 is 1.09 bits per heavy atom. The molecular weight excluding hydrogens is 418 g/mol. The molecule has 3 heterocycles. The van der Waals surface area contributed by atoms with Gasteiger partial charge in [-0.25, -0.2) is 0 Å². The summed E-state index contributed by atoms with van der Waals surface area (Å²) in [5.74, 6) is 5.90. The summed E-state index contributed by atoms with van der Waals surface area (Å²) < 4.78 is 0. The fourth-order valence-corrected chi connectivity index (χ4v) is 12.1. The smallest absolute Gasteiger partial charge is 0.0236 e. The topological polar surface area (TPSA) is 3.24 Å². The van der Waals surface area contributed by atoms with Crippen molar-refractivity contribution in [1.29, 1.82) is 0 Å². The number of rotatable bonds is 4. The van der Waals surface area contributed by atoms with Crippen molar-refractivity contribution in [3.05, 3.63) is 11.6 Å². The molecule has 4 aliphatic carbocycles. The number of fused-ring (bicyclic) bond motifs is 3. The minimum absolute atomic E-state index is 0.724. The zero-order chi connectivity index (χ0) is 22.4. The van der Waals surface area contributed by atoms with Gasteiger partial charge in [-0.1, -0.05) is 45.3 Å². The molecule has 0 aromatic carbocycles. The molecule has 10 unspecified atom stereocenters. The molecule has 3 saturated heterocycles. The average molecular weight is 468 g/mol. The van der Waals surface area contributed by atoms with Gasteiger partial charge >= 0.3 is 0 Å². The van der Waals surface area contributed by atoms with Crippen LogP contribution in [-0.4, -0.2) is 34.5 Å². The molecule has 6 fully saturated rings. The molecule has 0 aromatic rings. The summed E-state index contributed by atoms with van der Waals surface area (Å²) in [6.45, 7) is 10.3. The highest BCUT2D eigenvalue weighted by molar-refractivity contribution is 8.07. The van der Waals surface area contributed by atoms with E-state index in [1.165, 1.54) is 51.6 Å². The minimum atomic E-state index is 0.724. The van der Waals surface area contributed by atoms with Crippen LogP contribution in [0.4, 0.5) is 0 Å². The van der Waals surface area contributed by atoms with Crippen molar-refractivity contribution in [2.24, 2.45) is 46.3 Å². The first-order valence-corrected chi connectivity index (χ1v) is 16.1. The zero-order valence-electron chi connectivity index (χ0n) is 21.7. The van der Waals surface area contributed by atoms with Gasteiger partial charge < -0.3 is 0 Å². The van der Waals surface area contributed by atoms with Crippen molar-refractivity contribution in [1.82, 2.24) is 4.90 Å². The largest absolute Gasteiger partial charge is 0.300 e. The van der Waals surface area contributed by atoms with Gasteiger partial charge in [0.05, 0.1) is 0 Å². The van der Waals surface area contributed by atoms with Gasteiger partial charge in [0.2, 0.25) is 0 Å². The van der Waals surface area contributed by atoms with Gasteiger partial charge in [-0.15, -0.1) is 0 Å². The van der Waals surface area contributed by atoms with Gasteiger partial charge in [-0.3, -0.25) is 4.90 Å². The Hall–Kier alpha value is 0.0500. The van der Waals surface area contributed by atoms with E-state index in [4.69, 9.17) is 0 Å². The predicted octanol–water partition coefficient (Wildman–Crippen LogP) is 7.95. The quantitative estimate of drug-likeness (QED) is 0.305. The second-order valence-corrected chi connectivity index (χ2v) is 15.3. The van der Waals surface area contributed by atoms with Crippen molar-refractivity contribution in [3.8, 4) is 0 Å². The van der Waals surface area contributed by atoms with Gasteiger partial charge in [0.15, 0.2) is 0 Å². The van der Waals surface area contributed by atoms with Crippen molar-refractivity contribution in [2.45, 2.75) is 121 Å². The number of nitrogens with zero attached hydrogens (tertiary/aromatic N) is 1. The summed E-state index contributed by atoms with van der Waals surface area (Å²) in [5, 5.41) is 1.94. The van der Waals surface area contributed by atoms with E-state index in [2.05, 4.69) is 43.5 Å². The van der Waals surface area contributed by atoms with Crippen LogP contribution in [0.25, 0.3) is 0 Å². The molecule has 2 bridgehead atoms. The molecule has 0 radical (unpaired) electrons. The summed E-state index contributed by atoms with van der Waals surface area (Å²) in [7, 11) is 0. The molecule has 0 amide bonds. The van der Waals surface area contributed by atoms with Crippen molar-refractivity contribution in [2.75, 3.05) is 13.1 Å². The fourth-order valence-electron chi connectivity index (χ4n) is 10.5. The number of thioether (sulfide) groups is 1. The summed E-state index contributed by atoms with van der Waals surface area (Å²) in [6.07, 6.45) is 22.4. The Labute approximate surface area is 208 Å². The lowest BCUT2D eigenvalue weighted by atomic mass is 9.80. The van der Waals surface area contributed by atoms with E-state index in [0.717, 1.165) is 62.9 Å². The molecule has 3 saturated carbocycles. The van der Waals surface area contributed by atoms with Crippen LogP contribution >= 0.6 is 11.8 Å². The van der Waals surface area contributed by atoms with Crippen LogP contribution in [0.3, 0.4) is 0 Å². The van der Waals surface area contributed by atoms with Crippen molar-refractivity contribution in [3.63, 3.8) is 0 Å². The van der Waals surface area contributed by atoms with Gasteiger partial charge in [0.1, 0.15) is 0 Å². The molecule has 0 N–H and O–H groups in total. The molecule has 2 spiro atoms. The lowest BCUT2D eigenvalue weighted by molar-refractivity contribution is 0.0707. The summed E-state index contributed by atoms with van der Waals surface area (Å²) in [6, 6.07) is 0.944. The van der Waals surface area contributed by atoms with Crippen LogP contribution in [0.5, 0.6) is 0 Å². The zero-order valence-corrected chi connectivity index (χ0v) is 22.6. The van der Waals surface area contributed by atoms with E-state index in [-0.39, 0.29) is 0 Å². The standard InChI is InChI=1S/C31H49NS/c1-4-7-21(5-2)23-16-22-9-12-30(18-20(30)3)13-10-26-27-25-8-6-11-31(25,27)14-15-32(26)19-24(17-23)29-28(22)33-29/h16,20-22,24-29H,4-15,17-19H2,1-3H3/t20?,21?,22?,24?,25?,26?,27?,28?,29?,30-,31?/m1/s1. The molecule has 3 aliphatic heterocycles. The first-order valence-electron chi connectivity index (χ1n) is 15.2. The van der Waals surface area contributed by atoms with Crippen LogP contribution in [0.15, 0.2) is 11.6 Å². The normalized spacial score (nSPS) is 53.5. The maximum atomic E-state index is 3.12. The van der Waals surface area contributed by atoms with E-state index < -0.39 is 0 Å². The molecule has 0 aromatic heterocycles. The van der Waals surface area contributed by atoms with E-state index in [1.807, 2.05) is 5.57 Å². The second-order valence-electron chi connectivity index (χ2n) is 13.9. The molecule has 11 atom stereocenters. The Bertz CT molecular complexity index is 805. The van der Waals surface area contributed by atoms with Crippen LogP contribution in [0, 0.1) is 46.3 Å². The van der Waals surface area contributed by atoms with E-state index in [0.29, 0.717) is 0 Å². The Balaban J connectivity index is 1.21. The van der Waals surface area contributed by atoms with Gasteiger partial charge in [0, 0.05) is 23.1 Å². The number of allylic oxidation sites excluding steroid dienone is 2. The molecule has 7 aliphatic rings. The SMILES string of the molecule is CCCC(CC)C1=CC2CC[C@@]3(CCC4C5C6CCCC65CCN4CC(C1)C1SC21)CC3C. The third kappa shape index (κ3) is 3.49. The first kappa shape index (κ1) is 22.3. The molecule has 1 nitrogen and oxygen atoms in total. The lowest BCUT2D eigenvalue weighted by Gasteiger charge is -2.42. The second kappa shape index (κ2) is 8.03. The van der Waals surface area contributed by atoms with Crippen LogP contribution in [0.1, 0.15) is 104 Å². The first-order chi connectivity index (χ1) is 16.1. The highest BCUT2D eigenvalue weighted by Crippen LogP contribution is 2.74. The van der Waals surface area contributed by atoms with Crippen LogP contribution < -0.4 is 0 Å². The summed E-state index contributed by atoms with van der Waals surface area (Å²) >= 11 is 2.40. The summed E-state index contributed by atoms with van der Waals surface area (Å²) in [5.41, 5.74) is 3.46. The molecular formula is C31H49NS. The van der Waals surface area contributed by atoms with E-state index in [1.54, 1.807) is 44.9 Å². The lowest BCUT2D eigenvalue weighted by Crippen LogP contribution is -2.47. The maximum absolute atomic E-state index is 3.12. The highest BCUT2D eigenvalue weighted by atomic mass is 32.2. The number of hydrogen-bond acceptors (Lipinski definition) is 2. The highest BCUT2D eigenvalue weighted by Gasteiger charge is 2.70. The van der Waals surface area contributed by atoms with Crippen LogP contribution in [-0.2, 0) is 0 Å². The molecule has 7 rings (SSSR count). The minimum Gasteiger partial charge on any atom is -0.300 e. The molecule has 2 heteroatoms. The monoisotopic (exact) mass is 467 g/mol. The van der Waals surface area contributed by atoms with Gasteiger partial charge in [-0.2, -0.15) is 11.8 Å². The number of piperidine rings is 1. The van der Waals surface area contributed by atoms with Crippen molar-refractivity contribution >= 4 is 11.8 Å². The van der Waals surface area contributed by atoms with E-state index >= 15 is 0 Å². The molecule has 184 valence electrons. The summed E-state index contributed by atoms with van der Waals surface area (Å²) in [4.78, 5) is 3.12. The van der Waals surface area contributed by atoms with Gasteiger partial charge in [-0.05, 0) is 124 Å². The molecule has 33 heavy (non-hydrogen) atoms. The third-order valence-corrected chi connectivity index (χ3v) is 14.3. The third-order valence-electron chi connectivity index (χ3n) is 12.6. The van der Waals surface area contributed by atoms with E-state index in [9.17, 15) is 0 Å². The van der Waals surface area contributed by atoms with Gasteiger partial charge in [0.25, 0.3) is 0 Å². The Kier molecular flexibility index (Phi) is 5.41. The predicted molar refractivity (Wildman–Crippen MR) is 141 cm³/mol. The fraction of sp³-hybridized carbons (Fsp3) is 0.935. The Morgan fingerprint density at radius 3 is 2.73 bits per heavy atom. The number of hydrogen-bond donors (Lipinski definition) is 0. The average Bonchev–Trinajstić information content (AvgIpc) is 3.75. The maximum Gasteiger partial charge on any atom is 0.0236 e. The van der Waals surface area contributed by atoms with Crippen LogP contribution in [0.2, 0.25) is 0 Å². The Morgan fingerprint density at radius 2 is 1.94 bits per heavy atom.